The second-order valence-corrected chi connectivity index (χ2v) is 8.48. The van der Waals surface area contributed by atoms with E-state index in [1.165, 1.54) is 7.11 Å². The lowest BCUT2D eigenvalue weighted by Crippen LogP contribution is -2.35. The van der Waals surface area contributed by atoms with Gasteiger partial charge in [-0.3, -0.25) is 4.79 Å². The zero-order chi connectivity index (χ0) is 21.7. The SMILES string of the molecule is COc1cn(-c2ccccc2)nc1C(=O)NCCNS(=O)(=O)c1cc(C)ccc1C. The predicted molar refractivity (Wildman–Crippen MR) is 114 cm³/mol. The van der Waals surface area contributed by atoms with Gasteiger partial charge in [-0.2, -0.15) is 5.10 Å². The van der Waals surface area contributed by atoms with Crippen LogP contribution in [0.2, 0.25) is 0 Å². The molecule has 8 nitrogen and oxygen atoms in total. The second kappa shape index (κ2) is 9.10. The van der Waals surface area contributed by atoms with Gasteiger partial charge in [-0.25, -0.2) is 17.8 Å². The molecule has 3 rings (SSSR count). The van der Waals surface area contributed by atoms with Gasteiger partial charge in [0.05, 0.1) is 23.9 Å². The highest BCUT2D eigenvalue weighted by Crippen LogP contribution is 2.19. The van der Waals surface area contributed by atoms with Crippen molar-refractivity contribution < 1.29 is 17.9 Å². The van der Waals surface area contributed by atoms with Crippen LogP contribution in [0.3, 0.4) is 0 Å². The number of hydrogen-bond acceptors (Lipinski definition) is 5. The predicted octanol–water partition coefficient (Wildman–Crippen LogP) is 2.21. The number of hydrogen-bond donors (Lipinski definition) is 2. The molecule has 9 heteroatoms. The van der Waals surface area contributed by atoms with Crippen LogP contribution in [-0.4, -0.2) is 44.3 Å². The van der Waals surface area contributed by atoms with Crippen molar-refractivity contribution in [1.29, 1.82) is 0 Å². The summed E-state index contributed by atoms with van der Waals surface area (Å²) in [6.07, 6.45) is 1.62. The van der Waals surface area contributed by atoms with Crippen molar-refractivity contribution in [3.05, 3.63) is 71.5 Å². The third-order valence-corrected chi connectivity index (χ3v) is 6.08. The summed E-state index contributed by atoms with van der Waals surface area (Å²) < 4.78 is 34.4. The molecular weight excluding hydrogens is 404 g/mol. The van der Waals surface area contributed by atoms with Crippen LogP contribution in [0.25, 0.3) is 5.69 Å². The van der Waals surface area contributed by atoms with Crippen molar-refractivity contribution in [2.75, 3.05) is 20.2 Å². The van der Waals surface area contributed by atoms with Crippen LogP contribution >= 0.6 is 0 Å². The Labute approximate surface area is 175 Å². The van der Waals surface area contributed by atoms with Crippen molar-refractivity contribution in [1.82, 2.24) is 19.8 Å². The van der Waals surface area contributed by atoms with Crippen molar-refractivity contribution in [2.45, 2.75) is 18.7 Å². The monoisotopic (exact) mass is 428 g/mol. The molecule has 0 saturated heterocycles. The average Bonchev–Trinajstić information content (AvgIpc) is 3.18. The fourth-order valence-corrected chi connectivity index (χ4v) is 4.26. The Kier molecular flexibility index (Phi) is 6.53. The maximum absolute atomic E-state index is 12.5. The average molecular weight is 429 g/mol. The van der Waals surface area contributed by atoms with E-state index in [0.717, 1.165) is 11.3 Å². The number of para-hydroxylation sites is 1. The molecule has 0 radical (unpaired) electrons. The van der Waals surface area contributed by atoms with E-state index in [1.54, 1.807) is 29.9 Å². The van der Waals surface area contributed by atoms with Crippen molar-refractivity contribution in [3.63, 3.8) is 0 Å². The molecule has 0 aliphatic rings. The lowest BCUT2D eigenvalue weighted by atomic mass is 10.2. The molecule has 0 atom stereocenters. The summed E-state index contributed by atoms with van der Waals surface area (Å²) in [4.78, 5) is 12.8. The Morgan fingerprint density at radius 3 is 2.53 bits per heavy atom. The number of rotatable bonds is 8. The van der Waals surface area contributed by atoms with Crippen LogP contribution in [-0.2, 0) is 10.0 Å². The lowest BCUT2D eigenvalue weighted by Gasteiger charge is -2.10. The van der Waals surface area contributed by atoms with Gasteiger partial charge < -0.3 is 10.1 Å². The number of nitrogens with zero attached hydrogens (tertiary/aromatic N) is 2. The van der Waals surface area contributed by atoms with Crippen LogP contribution in [0, 0.1) is 13.8 Å². The molecule has 0 spiro atoms. The molecule has 30 heavy (non-hydrogen) atoms. The lowest BCUT2D eigenvalue weighted by molar-refractivity contribution is 0.0946. The van der Waals surface area contributed by atoms with E-state index in [4.69, 9.17) is 4.74 Å². The highest BCUT2D eigenvalue weighted by Gasteiger charge is 2.19. The first kappa shape index (κ1) is 21.5. The van der Waals surface area contributed by atoms with Gasteiger partial charge in [-0.05, 0) is 43.2 Å². The van der Waals surface area contributed by atoms with E-state index in [1.807, 2.05) is 43.3 Å². The number of carbonyl (C=O) groups excluding carboxylic acids is 1. The summed E-state index contributed by atoms with van der Waals surface area (Å²) in [5.74, 6) is -0.125. The van der Waals surface area contributed by atoms with Gasteiger partial charge in [0.25, 0.3) is 5.91 Å². The van der Waals surface area contributed by atoms with E-state index in [-0.39, 0.29) is 23.7 Å². The van der Waals surface area contributed by atoms with E-state index in [9.17, 15) is 13.2 Å². The number of aryl methyl sites for hydroxylation is 2. The van der Waals surface area contributed by atoms with E-state index < -0.39 is 15.9 Å². The molecule has 0 saturated carbocycles. The Morgan fingerprint density at radius 2 is 1.83 bits per heavy atom. The van der Waals surface area contributed by atoms with Gasteiger partial charge in [0.2, 0.25) is 10.0 Å². The first-order valence-corrected chi connectivity index (χ1v) is 10.8. The fraction of sp³-hybridized carbons (Fsp3) is 0.238. The molecule has 3 aromatic rings. The first-order valence-electron chi connectivity index (χ1n) is 9.36. The van der Waals surface area contributed by atoms with Gasteiger partial charge >= 0.3 is 0 Å². The van der Waals surface area contributed by atoms with Crippen LogP contribution < -0.4 is 14.8 Å². The number of aromatic nitrogens is 2. The third kappa shape index (κ3) is 4.87. The Hall–Kier alpha value is -3.17. The Bertz CT molecular complexity index is 1140. The van der Waals surface area contributed by atoms with E-state index in [2.05, 4.69) is 15.1 Å². The summed E-state index contributed by atoms with van der Waals surface area (Å²) in [5.41, 5.74) is 2.43. The molecular formula is C21H24N4O4S. The van der Waals surface area contributed by atoms with Crippen molar-refractivity contribution >= 4 is 15.9 Å². The molecule has 2 aromatic carbocycles. The highest BCUT2D eigenvalue weighted by atomic mass is 32.2. The van der Waals surface area contributed by atoms with E-state index in [0.29, 0.717) is 11.3 Å². The maximum atomic E-state index is 12.5. The molecule has 0 aliphatic heterocycles. The molecule has 158 valence electrons. The van der Waals surface area contributed by atoms with Crippen molar-refractivity contribution in [3.8, 4) is 11.4 Å². The molecule has 2 N–H and O–H groups in total. The molecule has 1 heterocycles. The van der Waals surface area contributed by atoms with E-state index >= 15 is 0 Å². The molecule has 0 aliphatic carbocycles. The van der Waals surface area contributed by atoms with Gasteiger partial charge in [-0.1, -0.05) is 30.3 Å². The number of carbonyl (C=O) groups is 1. The minimum Gasteiger partial charge on any atom is -0.493 e. The van der Waals surface area contributed by atoms with Crippen LogP contribution in [0.15, 0.2) is 59.6 Å². The summed E-state index contributed by atoms with van der Waals surface area (Å²) in [6.45, 7) is 3.72. The quantitative estimate of drug-likeness (QED) is 0.536. The zero-order valence-electron chi connectivity index (χ0n) is 17.0. The molecule has 1 aromatic heterocycles. The van der Waals surface area contributed by atoms with Gasteiger partial charge in [0.15, 0.2) is 11.4 Å². The largest absolute Gasteiger partial charge is 0.493 e. The second-order valence-electron chi connectivity index (χ2n) is 6.75. The summed E-state index contributed by atoms with van der Waals surface area (Å²) in [5, 5.41) is 6.96. The van der Waals surface area contributed by atoms with Crippen LogP contribution in [0.4, 0.5) is 0 Å². The number of amides is 1. The third-order valence-electron chi connectivity index (χ3n) is 4.47. The number of nitrogens with one attached hydrogen (secondary N) is 2. The number of benzene rings is 2. The smallest absolute Gasteiger partial charge is 0.275 e. The van der Waals surface area contributed by atoms with Gasteiger partial charge in [-0.15, -0.1) is 0 Å². The molecule has 0 bridgehead atoms. The Balaban J connectivity index is 1.62. The minimum atomic E-state index is -3.67. The molecule has 0 fully saturated rings. The Morgan fingerprint density at radius 1 is 1.10 bits per heavy atom. The fourth-order valence-electron chi connectivity index (χ4n) is 2.90. The van der Waals surface area contributed by atoms with Crippen LogP contribution in [0.5, 0.6) is 5.75 Å². The molecule has 0 unspecified atom stereocenters. The van der Waals surface area contributed by atoms with Gasteiger partial charge in [0.1, 0.15) is 0 Å². The first-order chi connectivity index (χ1) is 14.3. The number of ether oxygens (including phenoxy) is 1. The zero-order valence-corrected chi connectivity index (χ0v) is 17.9. The van der Waals surface area contributed by atoms with Crippen molar-refractivity contribution in [2.24, 2.45) is 0 Å². The number of methoxy groups -OCH3 is 1. The normalized spacial score (nSPS) is 11.3. The minimum absolute atomic E-state index is 0.0448. The summed E-state index contributed by atoms with van der Waals surface area (Å²) in [6, 6.07) is 14.6. The van der Waals surface area contributed by atoms with Crippen LogP contribution in [0.1, 0.15) is 21.6 Å². The topological polar surface area (TPSA) is 102 Å². The summed E-state index contributed by atoms with van der Waals surface area (Å²) in [7, 11) is -2.21. The highest BCUT2D eigenvalue weighted by molar-refractivity contribution is 7.89. The number of sulfonamides is 1. The molecule has 1 amide bonds. The standard InChI is InChI=1S/C21H24N4O4S/c1-15-9-10-16(2)19(13-15)30(27,28)23-12-11-22-21(26)20-18(29-3)14-25(24-20)17-7-5-4-6-8-17/h4-10,13-14,23H,11-12H2,1-3H3,(H,22,26). The maximum Gasteiger partial charge on any atom is 0.275 e. The van der Waals surface area contributed by atoms with Gasteiger partial charge in [0, 0.05) is 13.1 Å². The summed E-state index contributed by atoms with van der Waals surface area (Å²) >= 11 is 0.